The maximum absolute atomic E-state index is 13.7. The molecule has 0 amide bonds. The van der Waals surface area contributed by atoms with Gasteiger partial charge in [0.05, 0.1) is 13.0 Å². The van der Waals surface area contributed by atoms with Crippen LogP contribution in [0.25, 0.3) is 0 Å². The Kier molecular flexibility index (Phi) is 6.77. The number of ether oxygens (including phenoxy) is 1. The molecule has 22 heavy (non-hydrogen) atoms. The fraction of sp³-hybridized carbons (Fsp3) is 0.500. The van der Waals surface area contributed by atoms with Gasteiger partial charge in [-0.2, -0.15) is 0 Å². The number of benzene rings is 1. The zero-order chi connectivity index (χ0) is 16.9. The van der Waals surface area contributed by atoms with Crippen LogP contribution in [0.3, 0.4) is 0 Å². The standard InChI is InChI=1S/C14H19ClFNO4S/c1-9(2)6-10(14(18)21-3)8-17-22(19,20)13-5-4-11(15)7-12(13)16/h4-5,7,9-10,17H,6,8H2,1-3H3. The number of rotatable bonds is 7. The van der Waals surface area contributed by atoms with Crippen molar-refractivity contribution in [1.29, 1.82) is 0 Å². The minimum Gasteiger partial charge on any atom is -0.469 e. The summed E-state index contributed by atoms with van der Waals surface area (Å²) in [6.45, 7) is 3.65. The molecule has 8 heteroatoms. The van der Waals surface area contributed by atoms with Crippen molar-refractivity contribution in [2.45, 2.75) is 25.2 Å². The first kappa shape index (κ1) is 18.9. The van der Waals surface area contributed by atoms with E-state index in [1.165, 1.54) is 13.2 Å². The summed E-state index contributed by atoms with van der Waals surface area (Å²) in [4.78, 5) is 11.2. The highest BCUT2D eigenvalue weighted by atomic mass is 35.5. The molecule has 0 fully saturated rings. The first-order valence-corrected chi connectivity index (χ1v) is 8.56. The van der Waals surface area contributed by atoms with Crippen LogP contribution in [0.5, 0.6) is 0 Å². The fourth-order valence-electron chi connectivity index (χ4n) is 1.98. The molecule has 0 aromatic heterocycles. The number of esters is 1. The molecule has 1 atom stereocenters. The smallest absolute Gasteiger partial charge is 0.309 e. The SMILES string of the molecule is COC(=O)C(CNS(=O)(=O)c1ccc(Cl)cc1F)CC(C)C. The molecule has 0 aliphatic rings. The zero-order valence-electron chi connectivity index (χ0n) is 12.6. The van der Waals surface area contributed by atoms with Gasteiger partial charge < -0.3 is 4.74 Å². The van der Waals surface area contributed by atoms with Gasteiger partial charge in [-0.05, 0) is 30.5 Å². The molecule has 0 aliphatic carbocycles. The van der Waals surface area contributed by atoms with Crippen LogP contribution < -0.4 is 4.72 Å². The molecule has 1 rings (SSSR count). The van der Waals surface area contributed by atoms with Gasteiger partial charge in [-0.15, -0.1) is 0 Å². The number of halogens is 2. The van der Waals surface area contributed by atoms with Crippen molar-refractivity contribution < 1.29 is 22.3 Å². The predicted molar refractivity (Wildman–Crippen MR) is 81.6 cm³/mol. The van der Waals surface area contributed by atoms with E-state index in [4.69, 9.17) is 11.6 Å². The van der Waals surface area contributed by atoms with Gasteiger partial charge in [-0.1, -0.05) is 25.4 Å². The van der Waals surface area contributed by atoms with Crippen molar-refractivity contribution in [3.63, 3.8) is 0 Å². The van der Waals surface area contributed by atoms with Crippen LogP contribution in [0, 0.1) is 17.7 Å². The van der Waals surface area contributed by atoms with E-state index in [1.807, 2.05) is 13.8 Å². The molecule has 0 saturated carbocycles. The zero-order valence-corrected chi connectivity index (χ0v) is 14.2. The molecular weight excluding hydrogens is 333 g/mol. The second-order valence-electron chi connectivity index (χ2n) is 5.28. The summed E-state index contributed by atoms with van der Waals surface area (Å²) in [7, 11) is -2.83. The molecule has 0 radical (unpaired) electrons. The maximum atomic E-state index is 13.7. The first-order chi connectivity index (χ1) is 10.2. The van der Waals surface area contributed by atoms with Gasteiger partial charge in [0.2, 0.25) is 10.0 Å². The Morgan fingerprint density at radius 2 is 2.05 bits per heavy atom. The van der Waals surface area contributed by atoms with E-state index < -0.39 is 32.6 Å². The summed E-state index contributed by atoms with van der Waals surface area (Å²) in [5.74, 6) is -1.90. The summed E-state index contributed by atoms with van der Waals surface area (Å²) in [5, 5.41) is 0.101. The van der Waals surface area contributed by atoms with E-state index in [9.17, 15) is 17.6 Å². The van der Waals surface area contributed by atoms with E-state index in [0.29, 0.717) is 6.42 Å². The van der Waals surface area contributed by atoms with Gasteiger partial charge in [0.15, 0.2) is 0 Å². The topological polar surface area (TPSA) is 72.5 Å². The molecule has 0 spiro atoms. The summed E-state index contributed by atoms with van der Waals surface area (Å²) in [5.41, 5.74) is 0. The molecule has 124 valence electrons. The molecule has 1 aromatic carbocycles. The van der Waals surface area contributed by atoms with Crippen LogP contribution >= 0.6 is 11.6 Å². The molecule has 5 nitrogen and oxygen atoms in total. The fourth-order valence-corrected chi connectivity index (χ4v) is 3.28. The Morgan fingerprint density at radius 3 is 2.55 bits per heavy atom. The average molecular weight is 352 g/mol. The van der Waals surface area contributed by atoms with Crippen LogP contribution in [0.15, 0.2) is 23.1 Å². The van der Waals surface area contributed by atoms with E-state index >= 15 is 0 Å². The van der Waals surface area contributed by atoms with Crippen molar-refractivity contribution in [1.82, 2.24) is 4.72 Å². The number of sulfonamides is 1. The molecular formula is C14H19ClFNO4S. The lowest BCUT2D eigenvalue weighted by atomic mass is 9.97. The minimum atomic E-state index is -4.07. The van der Waals surface area contributed by atoms with Gasteiger partial charge >= 0.3 is 5.97 Å². The van der Waals surface area contributed by atoms with Crippen LogP contribution in [0.1, 0.15) is 20.3 Å². The third-order valence-electron chi connectivity index (χ3n) is 2.99. The monoisotopic (exact) mass is 351 g/mol. The molecule has 1 unspecified atom stereocenters. The highest BCUT2D eigenvalue weighted by molar-refractivity contribution is 7.89. The lowest BCUT2D eigenvalue weighted by Crippen LogP contribution is -2.34. The molecule has 0 saturated heterocycles. The van der Waals surface area contributed by atoms with Crippen molar-refractivity contribution in [3.8, 4) is 0 Å². The van der Waals surface area contributed by atoms with Gasteiger partial charge in [0.1, 0.15) is 10.7 Å². The summed E-state index contributed by atoms with van der Waals surface area (Å²) >= 11 is 5.60. The second-order valence-corrected chi connectivity index (χ2v) is 7.45. The normalized spacial score (nSPS) is 13.2. The van der Waals surface area contributed by atoms with Crippen molar-refractivity contribution >= 4 is 27.6 Å². The van der Waals surface area contributed by atoms with E-state index in [2.05, 4.69) is 9.46 Å². The molecule has 0 aliphatic heterocycles. The Morgan fingerprint density at radius 1 is 1.41 bits per heavy atom. The highest BCUT2D eigenvalue weighted by Gasteiger charge is 2.25. The molecule has 0 bridgehead atoms. The van der Waals surface area contributed by atoms with Crippen LogP contribution in [0.4, 0.5) is 4.39 Å². The number of methoxy groups -OCH3 is 1. The predicted octanol–water partition coefficient (Wildman–Crippen LogP) is 2.59. The van der Waals surface area contributed by atoms with Gasteiger partial charge in [-0.25, -0.2) is 17.5 Å². The number of carbonyl (C=O) groups excluding carboxylic acids is 1. The first-order valence-electron chi connectivity index (χ1n) is 6.70. The van der Waals surface area contributed by atoms with Gasteiger partial charge in [0.25, 0.3) is 0 Å². The van der Waals surface area contributed by atoms with Crippen LogP contribution in [-0.4, -0.2) is 28.0 Å². The minimum absolute atomic E-state index is 0.101. The molecule has 0 heterocycles. The third kappa shape index (κ3) is 5.23. The van der Waals surface area contributed by atoms with E-state index in [1.54, 1.807) is 0 Å². The van der Waals surface area contributed by atoms with Crippen molar-refractivity contribution in [2.75, 3.05) is 13.7 Å². The summed E-state index contributed by atoms with van der Waals surface area (Å²) in [6.07, 6.45) is 0.457. The Balaban J connectivity index is 2.89. The number of carbonyl (C=O) groups is 1. The quantitative estimate of drug-likeness (QED) is 0.766. The molecule has 1 N–H and O–H groups in total. The van der Waals surface area contributed by atoms with Crippen molar-refractivity contribution in [2.24, 2.45) is 11.8 Å². The highest BCUT2D eigenvalue weighted by Crippen LogP contribution is 2.19. The van der Waals surface area contributed by atoms with E-state index in [-0.39, 0.29) is 17.5 Å². The van der Waals surface area contributed by atoms with Gasteiger partial charge in [0, 0.05) is 11.6 Å². The Bertz CT molecular complexity index is 634. The Labute approximate surface area is 134 Å². The number of hydrogen-bond donors (Lipinski definition) is 1. The lowest BCUT2D eigenvalue weighted by molar-refractivity contribution is -0.145. The maximum Gasteiger partial charge on any atom is 0.309 e. The third-order valence-corrected chi connectivity index (χ3v) is 4.69. The lowest BCUT2D eigenvalue weighted by Gasteiger charge is -2.17. The van der Waals surface area contributed by atoms with Crippen LogP contribution in [0.2, 0.25) is 5.02 Å². The largest absolute Gasteiger partial charge is 0.469 e. The van der Waals surface area contributed by atoms with Crippen LogP contribution in [-0.2, 0) is 19.6 Å². The van der Waals surface area contributed by atoms with Crippen molar-refractivity contribution in [3.05, 3.63) is 29.0 Å². The Hall–Kier alpha value is -1.18. The average Bonchev–Trinajstić information content (AvgIpc) is 2.41. The molecule has 1 aromatic rings. The summed E-state index contributed by atoms with van der Waals surface area (Å²) < 4.78 is 44.9. The van der Waals surface area contributed by atoms with Gasteiger partial charge in [-0.3, -0.25) is 4.79 Å². The number of nitrogens with one attached hydrogen (secondary N) is 1. The van der Waals surface area contributed by atoms with E-state index in [0.717, 1.165) is 12.1 Å². The number of hydrogen-bond acceptors (Lipinski definition) is 4. The summed E-state index contributed by atoms with van der Waals surface area (Å²) in [6, 6.07) is 3.28. The second kappa shape index (κ2) is 7.89.